The zero-order valence-corrected chi connectivity index (χ0v) is 13.2. The number of hydrogen-bond acceptors (Lipinski definition) is 4. The first-order valence-corrected chi connectivity index (χ1v) is 8.56. The zero-order valence-electron chi connectivity index (χ0n) is 11.5. The summed E-state index contributed by atoms with van der Waals surface area (Å²) in [6.07, 6.45) is 2.96. The molecule has 0 amide bonds. The molecule has 6 heteroatoms. The molecule has 1 aliphatic rings. The molecule has 1 atom stereocenters. The van der Waals surface area contributed by atoms with E-state index in [0.29, 0.717) is 24.1 Å². The molecule has 1 unspecified atom stereocenters. The van der Waals surface area contributed by atoms with Gasteiger partial charge in [-0.3, -0.25) is 4.90 Å². The molecular weight excluding hydrogens is 272 g/mol. The first-order chi connectivity index (χ1) is 8.09. The van der Waals surface area contributed by atoms with Crippen molar-refractivity contribution < 1.29 is 8.42 Å². The molecule has 18 heavy (non-hydrogen) atoms. The summed E-state index contributed by atoms with van der Waals surface area (Å²) in [5.41, 5.74) is 0. The van der Waals surface area contributed by atoms with Crippen LogP contribution in [0.25, 0.3) is 0 Å². The molecule has 1 N–H and O–H groups in total. The van der Waals surface area contributed by atoms with Crippen LogP contribution in [0.15, 0.2) is 0 Å². The van der Waals surface area contributed by atoms with E-state index in [9.17, 15) is 8.42 Å². The Morgan fingerprint density at radius 2 is 1.89 bits per heavy atom. The molecule has 4 nitrogen and oxygen atoms in total. The van der Waals surface area contributed by atoms with Gasteiger partial charge in [0.15, 0.2) is 9.84 Å². The predicted octanol–water partition coefficient (Wildman–Crippen LogP) is 1.31. The molecule has 1 rings (SSSR count). The molecule has 0 bridgehead atoms. The van der Waals surface area contributed by atoms with Crippen LogP contribution >= 0.6 is 12.4 Å². The number of nitrogens with one attached hydrogen (secondary N) is 1. The number of sulfone groups is 1. The Labute approximate surface area is 118 Å². The molecule has 1 saturated heterocycles. The Morgan fingerprint density at radius 3 is 2.39 bits per heavy atom. The first kappa shape index (κ1) is 18.2. The average molecular weight is 299 g/mol. The standard InChI is InChI=1S/C12H26N2O2S.ClH/c1-3-7-14(12-5-6-13-11-12)8-10-17(15,16)9-4-2;/h12-13H,3-11H2,1-2H3;1H. The molecular formula is C12H27ClN2O2S. The Hall–Kier alpha value is 0.160. The van der Waals surface area contributed by atoms with E-state index in [1.807, 2.05) is 6.92 Å². The van der Waals surface area contributed by atoms with Gasteiger partial charge in [-0.1, -0.05) is 13.8 Å². The fourth-order valence-corrected chi connectivity index (χ4v) is 3.72. The van der Waals surface area contributed by atoms with Gasteiger partial charge in [-0.2, -0.15) is 0 Å². The summed E-state index contributed by atoms with van der Waals surface area (Å²) in [5, 5.41) is 3.34. The molecule has 1 fully saturated rings. The quantitative estimate of drug-likeness (QED) is 0.734. The highest BCUT2D eigenvalue weighted by atomic mass is 35.5. The van der Waals surface area contributed by atoms with Crippen molar-refractivity contribution >= 4 is 22.2 Å². The van der Waals surface area contributed by atoms with Crippen molar-refractivity contribution in [2.45, 2.75) is 39.2 Å². The second-order valence-electron chi connectivity index (χ2n) is 4.83. The minimum Gasteiger partial charge on any atom is -0.315 e. The van der Waals surface area contributed by atoms with Gasteiger partial charge in [0.25, 0.3) is 0 Å². The fourth-order valence-electron chi connectivity index (χ4n) is 2.38. The third-order valence-corrected chi connectivity index (χ3v) is 5.10. The predicted molar refractivity (Wildman–Crippen MR) is 79.3 cm³/mol. The lowest BCUT2D eigenvalue weighted by Gasteiger charge is -2.27. The first-order valence-electron chi connectivity index (χ1n) is 6.74. The van der Waals surface area contributed by atoms with Gasteiger partial charge < -0.3 is 5.32 Å². The fraction of sp³-hybridized carbons (Fsp3) is 1.00. The van der Waals surface area contributed by atoms with Gasteiger partial charge in [-0.15, -0.1) is 12.4 Å². The monoisotopic (exact) mass is 298 g/mol. The van der Waals surface area contributed by atoms with Crippen LogP contribution in [-0.2, 0) is 9.84 Å². The van der Waals surface area contributed by atoms with E-state index in [2.05, 4.69) is 17.1 Å². The van der Waals surface area contributed by atoms with E-state index in [1.54, 1.807) is 0 Å². The van der Waals surface area contributed by atoms with Gasteiger partial charge in [-0.25, -0.2) is 8.42 Å². The summed E-state index contributed by atoms with van der Waals surface area (Å²) >= 11 is 0. The highest BCUT2D eigenvalue weighted by molar-refractivity contribution is 7.91. The third kappa shape index (κ3) is 6.36. The maximum absolute atomic E-state index is 11.7. The van der Waals surface area contributed by atoms with Gasteiger partial charge >= 0.3 is 0 Å². The highest BCUT2D eigenvalue weighted by Crippen LogP contribution is 2.09. The van der Waals surface area contributed by atoms with Crippen molar-refractivity contribution in [3.8, 4) is 0 Å². The van der Waals surface area contributed by atoms with Crippen LogP contribution in [-0.4, -0.2) is 57.0 Å². The highest BCUT2D eigenvalue weighted by Gasteiger charge is 2.22. The van der Waals surface area contributed by atoms with Gasteiger partial charge in [0, 0.05) is 24.9 Å². The zero-order chi connectivity index (χ0) is 12.7. The molecule has 110 valence electrons. The number of halogens is 1. The number of hydrogen-bond donors (Lipinski definition) is 1. The summed E-state index contributed by atoms with van der Waals surface area (Å²) in [6.45, 7) is 7.84. The summed E-state index contributed by atoms with van der Waals surface area (Å²) in [6, 6.07) is 0.534. The van der Waals surface area contributed by atoms with Crippen LogP contribution in [0.1, 0.15) is 33.1 Å². The van der Waals surface area contributed by atoms with E-state index in [-0.39, 0.29) is 12.4 Å². The SMILES string of the molecule is CCCN(CCS(=O)(=O)CCC)C1CCNC1.Cl. The summed E-state index contributed by atoms with van der Waals surface area (Å²) in [7, 11) is -2.84. The molecule has 0 aromatic rings. The largest absolute Gasteiger partial charge is 0.315 e. The average Bonchev–Trinajstić information content (AvgIpc) is 2.77. The minimum atomic E-state index is -2.84. The minimum absolute atomic E-state index is 0. The summed E-state index contributed by atoms with van der Waals surface area (Å²) in [4.78, 5) is 2.34. The molecule has 1 aliphatic heterocycles. The van der Waals surface area contributed by atoms with E-state index in [1.165, 1.54) is 0 Å². The molecule has 1 heterocycles. The van der Waals surface area contributed by atoms with Crippen molar-refractivity contribution in [2.24, 2.45) is 0 Å². The van der Waals surface area contributed by atoms with Crippen LogP contribution in [0.2, 0.25) is 0 Å². The Kier molecular flexibility index (Phi) is 9.21. The van der Waals surface area contributed by atoms with Crippen molar-refractivity contribution in [2.75, 3.05) is 37.7 Å². The smallest absolute Gasteiger partial charge is 0.151 e. The molecule has 0 radical (unpaired) electrons. The Morgan fingerprint density at radius 1 is 1.17 bits per heavy atom. The molecule has 0 aromatic heterocycles. The van der Waals surface area contributed by atoms with Crippen LogP contribution in [0.5, 0.6) is 0 Å². The second-order valence-corrected chi connectivity index (χ2v) is 7.14. The van der Waals surface area contributed by atoms with E-state index in [4.69, 9.17) is 0 Å². The summed E-state index contributed by atoms with van der Waals surface area (Å²) in [5.74, 6) is 0.646. The topological polar surface area (TPSA) is 49.4 Å². The molecule has 0 saturated carbocycles. The van der Waals surface area contributed by atoms with E-state index >= 15 is 0 Å². The van der Waals surface area contributed by atoms with Crippen LogP contribution in [0, 0.1) is 0 Å². The number of rotatable bonds is 8. The second kappa shape index (κ2) is 9.13. The third-order valence-electron chi connectivity index (χ3n) is 3.27. The molecule has 0 aliphatic carbocycles. The normalized spacial score (nSPS) is 20.1. The van der Waals surface area contributed by atoms with Crippen molar-refractivity contribution in [1.29, 1.82) is 0 Å². The maximum atomic E-state index is 11.7. The molecule has 0 spiro atoms. The molecule has 0 aromatic carbocycles. The van der Waals surface area contributed by atoms with Gasteiger partial charge in [0.2, 0.25) is 0 Å². The van der Waals surface area contributed by atoms with Crippen molar-refractivity contribution in [3.05, 3.63) is 0 Å². The Bertz CT molecular complexity index is 303. The van der Waals surface area contributed by atoms with E-state index < -0.39 is 9.84 Å². The van der Waals surface area contributed by atoms with Crippen LogP contribution < -0.4 is 5.32 Å². The maximum Gasteiger partial charge on any atom is 0.151 e. The van der Waals surface area contributed by atoms with Crippen molar-refractivity contribution in [3.63, 3.8) is 0 Å². The lowest BCUT2D eigenvalue weighted by molar-refractivity contribution is 0.220. The summed E-state index contributed by atoms with van der Waals surface area (Å²) < 4.78 is 23.4. The van der Waals surface area contributed by atoms with Gasteiger partial charge in [-0.05, 0) is 32.4 Å². The van der Waals surface area contributed by atoms with Gasteiger partial charge in [0.1, 0.15) is 0 Å². The van der Waals surface area contributed by atoms with Crippen LogP contribution in [0.3, 0.4) is 0 Å². The van der Waals surface area contributed by atoms with E-state index in [0.717, 1.165) is 38.9 Å². The lowest BCUT2D eigenvalue weighted by Crippen LogP contribution is -2.40. The Balaban J connectivity index is 0.00000289. The number of nitrogens with zero attached hydrogens (tertiary/aromatic N) is 1. The van der Waals surface area contributed by atoms with Gasteiger partial charge in [0.05, 0.1) is 5.75 Å². The van der Waals surface area contributed by atoms with Crippen LogP contribution in [0.4, 0.5) is 0 Å². The lowest BCUT2D eigenvalue weighted by atomic mass is 10.2. The van der Waals surface area contributed by atoms with Crippen molar-refractivity contribution in [1.82, 2.24) is 10.2 Å².